The van der Waals surface area contributed by atoms with Crippen LogP contribution in [0.3, 0.4) is 0 Å². The molecule has 1 saturated carbocycles. The van der Waals surface area contributed by atoms with Crippen molar-refractivity contribution in [3.8, 4) is 6.07 Å². The average molecular weight is 427 g/mol. The largest absolute Gasteiger partial charge is 0.468 e. The van der Waals surface area contributed by atoms with Crippen molar-refractivity contribution in [2.24, 2.45) is 5.92 Å². The predicted molar refractivity (Wildman–Crippen MR) is 118 cm³/mol. The van der Waals surface area contributed by atoms with Crippen LogP contribution < -0.4 is 4.90 Å². The number of hydrogen-bond donors (Lipinski definition) is 0. The Labute approximate surface area is 185 Å². The summed E-state index contributed by atoms with van der Waals surface area (Å²) in [6, 6.07) is 2.69. The van der Waals surface area contributed by atoms with Crippen molar-refractivity contribution in [2.75, 3.05) is 38.2 Å². The van der Waals surface area contributed by atoms with Gasteiger partial charge in [0.25, 0.3) is 0 Å². The maximum absolute atomic E-state index is 11.9. The smallest absolute Gasteiger partial charge is 0.319 e. The van der Waals surface area contributed by atoms with Gasteiger partial charge in [-0.15, -0.1) is 0 Å². The van der Waals surface area contributed by atoms with Gasteiger partial charge in [-0.05, 0) is 38.2 Å². The molecule has 2 aliphatic heterocycles. The molecule has 0 amide bonds. The van der Waals surface area contributed by atoms with Crippen molar-refractivity contribution >= 4 is 11.8 Å². The van der Waals surface area contributed by atoms with E-state index in [4.69, 9.17) is 14.5 Å². The molecule has 1 saturated heterocycles. The average Bonchev–Trinajstić information content (AvgIpc) is 3.57. The number of pyridine rings is 1. The molecule has 2 fully saturated rings. The topological polar surface area (TPSA) is 78.7 Å². The normalized spacial score (nSPS) is 23.4. The van der Waals surface area contributed by atoms with E-state index in [0.29, 0.717) is 30.6 Å². The molecule has 1 aliphatic carbocycles. The van der Waals surface area contributed by atoms with Gasteiger partial charge < -0.3 is 14.4 Å². The second kappa shape index (κ2) is 8.40. The first kappa shape index (κ1) is 22.0. The van der Waals surface area contributed by atoms with Crippen molar-refractivity contribution in [1.82, 2.24) is 9.88 Å². The van der Waals surface area contributed by atoms with E-state index in [-0.39, 0.29) is 17.6 Å². The Morgan fingerprint density at radius 1 is 1.32 bits per heavy atom. The minimum absolute atomic E-state index is 0.196. The van der Waals surface area contributed by atoms with Gasteiger partial charge >= 0.3 is 5.97 Å². The van der Waals surface area contributed by atoms with Crippen molar-refractivity contribution < 1.29 is 14.3 Å². The highest BCUT2D eigenvalue weighted by molar-refractivity contribution is 5.71. The van der Waals surface area contributed by atoms with E-state index < -0.39 is 0 Å². The Hall–Kier alpha value is -2.17. The summed E-state index contributed by atoms with van der Waals surface area (Å²) >= 11 is 0. The van der Waals surface area contributed by atoms with Crippen molar-refractivity contribution in [1.29, 1.82) is 5.26 Å². The van der Waals surface area contributed by atoms with Crippen LogP contribution in [0.4, 0.5) is 5.82 Å². The molecule has 0 bridgehead atoms. The number of anilines is 1. The monoisotopic (exact) mass is 426 g/mol. The van der Waals surface area contributed by atoms with Gasteiger partial charge in [0.05, 0.1) is 37.1 Å². The maximum Gasteiger partial charge on any atom is 0.319 e. The number of aromatic nitrogens is 1. The number of piperazine rings is 1. The van der Waals surface area contributed by atoms with Gasteiger partial charge in [0.2, 0.25) is 0 Å². The first-order valence-electron chi connectivity index (χ1n) is 11.4. The highest BCUT2D eigenvalue weighted by Gasteiger charge is 2.39. The van der Waals surface area contributed by atoms with Gasteiger partial charge in [0, 0.05) is 43.6 Å². The summed E-state index contributed by atoms with van der Waals surface area (Å²) in [6.45, 7) is 11.6. The molecule has 31 heavy (non-hydrogen) atoms. The second-order valence-corrected chi connectivity index (χ2v) is 10.1. The number of nitrogens with zero attached hydrogens (tertiary/aromatic N) is 4. The summed E-state index contributed by atoms with van der Waals surface area (Å²) < 4.78 is 11.0. The molecular weight excluding hydrogens is 392 g/mol. The van der Waals surface area contributed by atoms with Crippen molar-refractivity contribution in [3.05, 3.63) is 22.4 Å². The van der Waals surface area contributed by atoms with E-state index in [1.165, 1.54) is 7.11 Å². The van der Waals surface area contributed by atoms with E-state index in [2.05, 4.69) is 43.6 Å². The number of ether oxygens (including phenoxy) is 2. The Bertz CT molecular complexity index is 901. The molecule has 1 aromatic heterocycles. The minimum Gasteiger partial charge on any atom is -0.468 e. The predicted octanol–water partition coefficient (Wildman–Crippen LogP) is 3.00. The summed E-state index contributed by atoms with van der Waals surface area (Å²) in [6.07, 6.45) is 3.06. The van der Waals surface area contributed by atoms with E-state index in [9.17, 15) is 10.1 Å². The molecule has 0 N–H and O–H groups in total. The van der Waals surface area contributed by atoms with Crippen molar-refractivity contribution in [2.45, 2.75) is 71.1 Å². The van der Waals surface area contributed by atoms with E-state index >= 15 is 0 Å². The molecule has 1 atom stereocenters. The van der Waals surface area contributed by atoms with Gasteiger partial charge in [-0.1, -0.05) is 13.8 Å². The first-order chi connectivity index (χ1) is 14.7. The standard InChI is InChI=1S/C24H34N4O3/c1-15(2)20-12-28(9-8-27(20)13-21(29)30-5)23-18(11-25)17-10-24(3,4)31-14-19(17)22(26-23)16-6-7-16/h15-16,20H,6-10,12-14H2,1-5H3/t20-/m0/s1. The summed E-state index contributed by atoms with van der Waals surface area (Å²) in [4.78, 5) is 21.5. The third kappa shape index (κ3) is 4.42. The lowest BCUT2D eigenvalue weighted by Gasteiger charge is -2.44. The SMILES string of the molecule is COC(=O)CN1CCN(c2nc(C3CC3)c3c(c2C#N)CC(C)(C)OC3)C[C@H]1C(C)C. The Morgan fingerprint density at radius 3 is 2.68 bits per heavy atom. The van der Waals surface area contributed by atoms with Gasteiger partial charge in [-0.25, -0.2) is 4.98 Å². The number of fused-ring (bicyclic) bond motifs is 1. The summed E-state index contributed by atoms with van der Waals surface area (Å²) in [5.41, 5.74) is 3.84. The zero-order chi connectivity index (χ0) is 22.3. The molecular formula is C24H34N4O3. The Balaban J connectivity index is 1.70. The van der Waals surface area contributed by atoms with Crippen LogP contribution in [-0.4, -0.2) is 60.8 Å². The van der Waals surface area contributed by atoms with Crippen molar-refractivity contribution in [3.63, 3.8) is 0 Å². The first-order valence-corrected chi connectivity index (χ1v) is 11.4. The summed E-state index contributed by atoms with van der Waals surface area (Å²) in [7, 11) is 1.43. The van der Waals surface area contributed by atoms with Crippen LogP contribution in [0, 0.1) is 17.2 Å². The molecule has 3 heterocycles. The lowest BCUT2D eigenvalue weighted by molar-refractivity contribution is -0.142. The van der Waals surface area contributed by atoms with Crippen LogP contribution in [0.1, 0.15) is 68.8 Å². The molecule has 1 aromatic rings. The molecule has 0 radical (unpaired) electrons. The second-order valence-electron chi connectivity index (χ2n) is 10.1. The Kier molecular flexibility index (Phi) is 5.97. The highest BCUT2D eigenvalue weighted by Crippen LogP contribution is 2.45. The number of carbonyl (C=O) groups is 1. The molecule has 7 nitrogen and oxygen atoms in total. The van der Waals surface area contributed by atoms with Crippen LogP contribution in [0.15, 0.2) is 0 Å². The molecule has 7 heteroatoms. The molecule has 0 aromatic carbocycles. The van der Waals surface area contributed by atoms with Gasteiger partial charge in [-0.3, -0.25) is 9.69 Å². The van der Waals surface area contributed by atoms with Crippen LogP contribution in [0.2, 0.25) is 0 Å². The fourth-order valence-corrected chi connectivity index (χ4v) is 4.92. The van der Waals surface area contributed by atoms with Crippen LogP contribution >= 0.6 is 0 Å². The van der Waals surface area contributed by atoms with E-state index in [0.717, 1.165) is 61.5 Å². The third-order valence-corrected chi connectivity index (χ3v) is 6.87. The van der Waals surface area contributed by atoms with E-state index in [1.54, 1.807) is 0 Å². The number of nitriles is 1. The molecule has 4 rings (SSSR count). The summed E-state index contributed by atoms with van der Waals surface area (Å²) in [5.74, 6) is 1.48. The van der Waals surface area contributed by atoms with Crippen LogP contribution in [-0.2, 0) is 27.3 Å². The van der Waals surface area contributed by atoms with Gasteiger partial charge in [0.1, 0.15) is 11.9 Å². The van der Waals surface area contributed by atoms with Gasteiger partial charge in [0.15, 0.2) is 0 Å². The number of methoxy groups -OCH3 is 1. The highest BCUT2D eigenvalue weighted by atomic mass is 16.5. The number of carbonyl (C=O) groups excluding carboxylic acids is 1. The molecule has 0 unspecified atom stereocenters. The fraction of sp³-hybridized carbons (Fsp3) is 0.708. The van der Waals surface area contributed by atoms with E-state index in [1.807, 2.05) is 0 Å². The lowest BCUT2D eigenvalue weighted by atomic mass is 9.87. The molecule has 3 aliphatic rings. The quantitative estimate of drug-likeness (QED) is 0.670. The Morgan fingerprint density at radius 2 is 2.06 bits per heavy atom. The van der Waals surface area contributed by atoms with Crippen LogP contribution in [0.5, 0.6) is 0 Å². The fourth-order valence-electron chi connectivity index (χ4n) is 4.92. The molecule has 168 valence electrons. The van der Waals surface area contributed by atoms with Gasteiger partial charge in [-0.2, -0.15) is 5.26 Å². The van der Waals surface area contributed by atoms with Crippen LogP contribution in [0.25, 0.3) is 0 Å². The maximum atomic E-state index is 11.9. The summed E-state index contributed by atoms with van der Waals surface area (Å²) in [5, 5.41) is 10.2. The zero-order valence-corrected chi connectivity index (χ0v) is 19.4. The zero-order valence-electron chi connectivity index (χ0n) is 19.4. The third-order valence-electron chi connectivity index (χ3n) is 6.87. The lowest BCUT2D eigenvalue weighted by Crippen LogP contribution is -2.57. The number of hydrogen-bond acceptors (Lipinski definition) is 7. The number of rotatable bonds is 5. The minimum atomic E-state index is -0.280. The number of esters is 1. The molecule has 0 spiro atoms.